The molecular weight excluding hydrogens is 464 g/mol. The lowest BCUT2D eigenvalue weighted by molar-refractivity contribution is -0.385. The van der Waals surface area contributed by atoms with Crippen molar-refractivity contribution < 1.29 is 27.7 Å². The Kier molecular flexibility index (Phi) is 6.44. The molecule has 2 heterocycles. The molecule has 0 spiro atoms. The molecule has 1 N–H and O–H groups in total. The number of benzene rings is 2. The lowest BCUT2D eigenvalue weighted by Gasteiger charge is -2.16. The van der Waals surface area contributed by atoms with Crippen LogP contribution in [0.25, 0.3) is 0 Å². The zero-order valence-corrected chi connectivity index (χ0v) is 18.9. The van der Waals surface area contributed by atoms with Gasteiger partial charge in [0.25, 0.3) is 17.5 Å². The number of nitro benzene ring substituents is 1. The van der Waals surface area contributed by atoms with E-state index < -0.39 is 38.4 Å². The highest BCUT2D eigenvalue weighted by atomic mass is 32.2. The second kappa shape index (κ2) is 9.31. The van der Waals surface area contributed by atoms with Gasteiger partial charge >= 0.3 is 0 Å². The van der Waals surface area contributed by atoms with E-state index in [1.165, 1.54) is 28.6 Å². The molecule has 1 saturated heterocycles. The monoisotopic (exact) mass is 486 g/mol. The van der Waals surface area contributed by atoms with E-state index in [0.29, 0.717) is 18.7 Å². The molecule has 0 saturated carbocycles. The number of rotatable bonds is 8. The number of hydrogen-bond acceptors (Lipinski definition) is 7. The van der Waals surface area contributed by atoms with Gasteiger partial charge in [-0.1, -0.05) is 18.2 Å². The van der Waals surface area contributed by atoms with Crippen LogP contribution >= 0.6 is 0 Å². The summed E-state index contributed by atoms with van der Waals surface area (Å²) in [5.74, 6) is -1.90. The Labute approximate surface area is 195 Å². The topological polar surface area (TPSA) is 147 Å². The largest absolute Gasteiger partial charge is 0.352 e. The van der Waals surface area contributed by atoms with Crippen LogP contribution in [0.4, 0.5) is 5.69 Å². The number of sulfonamides is 1. The number of hydrogen-bond donors (Lipinski definition) is 1. The number of fused-ring (bicyclic) bond motifs is 1. The summed E-state index contributed by atoms with van der Waals surface area (Å²) in [4.78, 5) is 48.8. The molecule has 2 aliphatic rings. The van der Waals surface area contributed by atoms with Gasteiger partial charge in [-0.3, -0.25) is 29.4 Å². The maximum absolute atomic E-state index is 12.6. The standard InChI is InChI=1S/C22H22N4O7S/c27-19(10-13-25-21(28)17-4-3-5-18(26(30)31)20(17)22(25)29)23-14-15-6-8-16(9-7-15)34(32,33)24-11-1-2-12-24/h3-9H,1-2,10-14H2,(H,23,27). The van der Waals surface area contributed by atoms with Crippen LogP contribution in [0.1, 0.15) is 45.5 Å². The minimum Gasteiger partial charge on any atom is -0.352 e. The fraction of sp³-hybridized carbons (Fsp3) is 0.318. The van der Waals surface area contributed by atoms with E-state index >= 15 is 0 Å². The minimum atomic E-state index is -3.51. The van der Waals surface area contributed by atoms with Crippen molar-refractivity contribution >= 4 is 33.4 Å². The smallest absolute Gasteiger partial charge is 0.282 e. The number of carbonyl (C=O) groups is 3. The fourth-order valence-electron chi connectivity index (χ4n) is 4.03. The van der Waals surface area contributed by atoms with E-state index in [9.17, 15) is 32.9 Å². The van der Waals surface area contributed by atoms with Gasteiger partial charge in [0, 0.05) is 38.7 Å². The normalized spacial score (nSPS) is 16.1. The van der Waals surface area contributed by atoms with E-state index in [1.54, 1.807) is 12.1 Å². The molecule has 34 heavy (non-hydrogen) atoms. The molecule has 2 aliphatic heterocycles. The minimum absolute atomic E-state index is 0.0522. The van der Waals surface area contributed by atoms with Crippen LogP contribution in [-0.4, -0.2) is 59.9 Å². The van der Waals surface area contributed by atoms with Crippen LogP contribution in [0.15, 0.2) is 47.4 Å². The summed E-state index contributed by atoms with van der Waals surface area (Å²) in [5, 5.41) is 13.8. The molecule has 3 amide bonds. The quantitative estimate of drug-likeness (QED) is 0.339. The van der Waals surface area contributed by atoms with Crippen molar-refractivity contribution in [3.05, 3.63) is 69.3 Å². The number of imide groups is 1. The highest BCUT2D eigenvalue weighted by molar-refractivity contribution is 7.89. The maximum Gasteiger partial charge on any atom is 0.282 e. The van der Waals surface area contributed by atoms with Gasteiger partial charge in [-0.2, -0.15) is 4.31 Å². The van der Waals surface area contributed by atoms with Gasteiger partial charge in [0.15, 0.2) is 0 Å². The summed E-state index contributed by atoms with van der Waals surface area (Å²) >= 11 is 0. The molecule has 0 radical (unpaired) electrons. The number of nitrogens with zero attached hydrogens (tertiary/aromatic N) is 3. The molecule has 2 aromatic carbocycles. The molecule has 0 bridgehead atoms. The molecule has 0 atom stereocenters. The SMILES string of the molecule is O=C(CCN1C(=O)c2cccc([N+](=O)[O-])c2C1=O)NCc1ccc(S(=O)(=O)N2CCCC2)cc1. The second-order valence-corrected chi connectivity index (χ2v) is 9.94. The molecule has 2 aromatic rings. The van der Waals surface area contributed by atoms with Crippen LogP contribution in [0.5, 0.6) is 0 Å². The van der Waals surface area contributed by atoms with Crippen molar-refractivity contribution in [1.82, 2.24) is 14.5 Å². The average Bonchev–Trinajstić information content (AvgIpc) is 3.45. The van der Waals surface area contributed by atoms with Gasteiger partial charge in [0.1, 0.15) is 5.56 Å². The van der Waals surface area contributed by atoms with Gasteiger partial charge < -0.3 is 5.32 Å². The van der Waals surface area contributed by atoms with E-state index in [0.717, 1.165) is 23.8 Å². The summed E-state index contributed by atoms with van der Waals surface area (Å²) in [6.45, 7) is 0.944. The number of nitrogens with one attached hydrogen (secondary N) is 1. The molecule has 1 fully saturated rings. The molecular formula is C22H22N4O7S. The second-order valence-electron chi connectivity index (χ2n) is 8.00. The summed E-state index contributed by atoms with van der Waals surface area (Å²) in [5.41, 5.74) is -0.0754. The van der Waals surface area contributed by atoms with Crippen LogP contribution in [-0.2, 0) is 21.4 Å². The first-order valence-corrected chi connectivity index (χ1v) is 12.1. The molecule has 4 rings (SSSR count). The Morgan fingerprint density at radius 1 is 1.03 bits per heavy atom. The molecule has 0 aliphatic carbocycles. The van der Waals surface area contributed by atoms with Crippen molar-refractivity contribution in [2.45, 2.75) is 30.7 Å². The zero-order chi connectivity index (χ0) is 24.5. The Morgan fingerprint density at radius 3 is 2.35 bits per heavy atom. The summed E-state index contributed by atoms with van der Waals surface area (Å²) < 4.78 is 26.6. The van der Waals surface area contributed by atoms with E-state index in [-0.39, 0.29) is 35.5 Å². The summed E-state index contributed by atoms with van der Waals surface area (Å²) in [6.07, 6.45) is 1.52. The molecule has 0 unspecified atom stereocenters. The third-order valence-corrected chi connectivity index (χ3v) is 7.76. The summed E-state index contributed by atoms with van der Waals surface area (Å²) in [7, 11) is -3.51. The Bertz CT molecular complexity index is 1270. The maximum atomic E-state index is 12.6. The van der Waals surface area contributed by atoms with Crippen molar-refractivity contribution in [3.63, 3.8) is 0 Å². The van der Waals surface area contributed by atoms with Gasteiger partial charge in [0.05, 0.1) is 15.4 Å². The Balaban J connectivity index is 1.32. The number of amides is 3. The average molecular weight is 487 g/mol. The number of nitro groups is 1. The fourth-order valence-corrected chi connectivity index (χ4v) is 5.55. The van der Waals surface area contributed by atoms with Crippen molar-refractivity contribution in [1.29, 1.82) is 0 Å². The van der Waals surface area contributed by atoms with Gasteiger partial charge in [-0.05, 0) is 36.6 Å². The van der Waals surface area contributed by atoms with Crippen LogP contribution in [0, 0.1) is 10.1 Å². The highest BCUT2D eigenvalue weighted by Gasteiger charge is 2.40. The molecule has 0 aromatic heterocycles. The van der Waals surface area contributed by atoms with Crippen LogP contribution in [0.2, 0.25) is 0 Å². The van der Waals surface area contributed by atoms with Crippen LogP contribution < -0.4 is 5.32 Å². The van der Waals surface area contributed by atoms with Gasteiger partial charge in [-0.15, -0.1) is 0 Å². The van der Waals surface area contributed by atoms with E-state index in [2.05, 4.69) is 5.32 Å². The first-order valence-electron chi connectivity index (χ1n) is 10.7. The van der Waals surface area contributed by atoms with E-state index in [1.807, 2.05) is 0 Å². The van der Waals surface area contributed by atoms with Crippen molar-refractivity contribution in [2.75, 3.05) is 19.6 Å². The van der Waals surface area contributed by atoms with E-state index in [4.69, 9.17) is 0 Å². The molecule has 12 heteroatoms. The number of carbonyl (C=O) groups excluding carboxylic acids is 3. The van der Waals surface area contributed by atoms with Gasteiger partial charge in [-0.25, -0.2) is 8.42 Å². The Hall–Kier alpha value is -3.64. The first-order chi connectivity index (χ1) is 16.2. The predicted octanol–water partition coefficient (Wildman–Crippen LogP) is 1.68. The lowest BCUT2D eigenvalue weighted by atomic mass is 10.1. The lowest BCUT2D eigenvalue weighted by Crippen LogP contribution is -2.34. The highest BCUT2D eigenvalue weighted by Crippen LogP contribution is 2.30. The first kappa shape index (κ1) is 23.5. The van der Waals surface area contributed by atoms with Gasteiger partial charge in [0.2, 0.25) is 15.9 Å². The molecule has 178 valence electrons. The Morgan fingerprint density at radius 2 is 1.71 bits per heavy atom. The molecule has 11 nitrogen and oxygen atoms in total. The summed E-state index contributed by atoms with van der Waals surface area (Å²) in [6, 6.07) is 10.1. The van der Waals surface area contributed by atoms with Crippen LogP contribution in [0.3, 0.4) is 0 Å². The van der Waals surface area contributed by atoms with Crippen molar-refractivity contribution in [3.8, 4) is 0 Å². The zero-order valence-electron chi connectivity index (χ0n) is 18.1. The predicted molar refractivity (Wildman–Crippen MR) is 119 cm³/mol. The van der Waals surface area contributed by atoms with Crippen molar-refractivity contribution in [2.24, 2.45) is 0 Å². The third-order valence-electron chi connectivity index (χ3n) is 5.85. The third kappa shape index (κ3) is 4.41.